The van der Waals surface area contributed by atoms with Crippen molar-refractivity contribution >= 4 is 11.9 Å². The van der Waals surface area contributed by atoms with Crippen LogP contribution in [0.2, 0.25) is 0 Å². The second-order valence-corrected chi connectivity index (χ2v) is 5.16. The number of carboxylic acid groups (broad SMARTS) is 1. The Hall–Kier alpha value is -1.92. The molecule has 0 atom stereocenters. The number of benzene rings is 1. The summed E-state index contributed by atoms with van der Waals surface area (Å²) < 4.78 is 0. The number of aromatic carboxylic acids is 1. The van der Waals surface area contributed by atoms with E-state index in [4.69, 9.17) is 5.11 Å². The van der Waals surface area contributed by atoms with Crippen LogP contribution < -0.4 is 10.6 Å². The average molecular weight is 291 g/mol. The zero-order valence-corrected chi connectivity index (χ0v) is 12.0. The lowest BCUT2D eigenvalue weighted by molar-refractivity contribution is -0.122. The second kappa shape index (κ2) is 7.75. The van der Waals surface area contributed by atoms with E-state index >= 15 is 0 Å². The molecule has 21 heavy (non-hydrogen) atoms. The standard InChI is InChI=1S/C15H21N3O3/c19-14(11-18-7-2-5-16-6-8-18)17-10-12-3-1-4-13(9-12)15(20)21/h1,3-4,9,16H,2,5-8,10-11H2,(H,17,19)(H,20,21). The number of carbonyl (C=O) groups excluding carboxylic acids is 1. The number of nitrogens with zero attached hydrogens (tertiary/aromatic N) is 1. The fraction of sp³-hybridized carbons (Fsp3) is 0.467. The maximum Gasteiger partial charge on any atom is 0.335 e. The Labute approximate surface area is 124 Å². The molecule has 1 heterocycles. The summed E-state index contributed by atoms with van der Waals surface area (Å²) in [4.78, 5) is 24.9. The van der Waals surface area contributed by atoms with Gasteiger partial charge in [0.2, 0.25) is 5.91 Å². The van der Waals surface area contributed by atoms with Gasteiger partial charge < -0.3 is 15.7 Å². The Kier molecular flexibility index (Phi) is 5.71. The van der Waals surface area contributed by atoms with Gasteiger partial charge in [-0.05, 0) is 37.2 Å². The molecule has 6 nitrogen and oxygen atoms in total. The second-order valence-electron chi connectivity index (χ2n) is 5.16. The monoisotopic (exact) mass is 291 g/mol. The lowest BCUT2D eigenvalue weighted by atomic mass is 10.1. The van der Waals surface area contributed by atoms with Crippen molar-refractivity contribution in [1.82, 2.24) is 15.5 Å². The first kappa shape index (κ1) is 15.5. The third-order valence-electron chi connectivity index (χ3n) is 3.46. The molecule has 0 spiro atoms. The van der Waals surface area contributed by atoms with Gasteiger partial charge in [0.15, 0.2) is 0 Å². The van der Waals surface area contributed by atoms with Crippen molar-refractivity contribution in [2.75, 3.05) is 32.7 Å². The normalized spacial score (nSPS) is 16.2. The minimum absolute atomic E-state index is 0.0300. The molecule has 0 aromatic heterocycles. The highest BCUT2D eigenvalue weighted by Gasteiger charge is 2.12. The van der Waals surface area contributed by atoms with Crippen molar-refractivity contribution in [3.8, 4) is 0 Å². The van der Waals surface area contributed by atoms with Gasteiger partial charge in [-0.1, -0.05) is 12.1 Å². The molecule has 0 bridgehead atoms. The van der Waals surface area contributed by atoms with Gasteiger partial charge in [-0.15, -0.1) is 0 Å². The van der Waals surface area contributed by atoms with Crippen molar-refractivity contribution in [2.45, 2.75) is 13.0 Å². The van der Waals surface area contributed by atoms with E-state index in [1.54, 1.807) is 12.1 Å². The summed E-state index contributed by atoms with van der Waals surface area (Å²) in [5.74, 6) is -0.988. The molecule has 0 radical (unpaired) electrons. The largest absolute Gasteiger partial charge is 0.478 e. The van der Waals surface area contributed by atoms with Crippen molar-refractivity contribution < 1.29 is 14.7 Å². The quantitative estimate of drug-likeness (QED) is 0.727. The van der Waals surface area contributed by atoms with E-state index in [0.717, 1.165) is 38.2 Å². The number of nitrogens with one attached hydrogen (secondary N) is 2. The van der Waals surface area contributed by atoms with Crippen molar-refractivity contribution in [3.63, 3.8) is 0 Å². The summed E-state index contributed by atoms with van der Waals surface area (Å²) >= 11 is 0. The Morgan fingerprint density at radius 2 is 2.14 bits per heavy atom. The summed E-state index contributed by atoms with van der Waals surface area (Å²) in [7, 11) is 0. The summed E-state index contributed by atoms with van der Waals surface area (Å²) in [5.41, 5.74) is 1.03. The van der Waals surface area contributed by atoms with Crippen LogP contribution in [-0.4, -0.2) is 54.6 Å². The highest BCUT2D eigenvalue weighted by Crippen LogP contribution is 2.05. The van der Waals surface area contributed by atoms with Gasteiger partial charge in [0, 0.05) is 19.6 Å². The average Bonchev–Trinajstić information content (AvgIpc) is 2.74. The Balaban J connectivity index is 1.80. The van der Waals surface area contributed by atoms with Crippen LogP contribution in [0.3, 0.4) is 0 Å². The van der Waals surface area contributed by atoms with Crippen LogP contribution >= 0.6 is 0 Å². The molecule has 3 N–H and O–H groups in total. The topological polar surface area (TPSA) is 81.7 Å². The molecule has 2 rings (SSSR count). The van der Waals surface area contributed by atoms with Crippen molar-refractivity contribution in [3.05, 3.63) is 35.4 Å². The van der Waals surface area contributed by atoms with Crippen LogP contribution in [0.4, 0.5) is 0 Å². The van der Waals surface area contributed by atoms with Crippen LogP contribution in [0.1, 0.15) is 22.3 Å². The molecular formula is C15H21N3O3. The SMILES string of the molecule is O=C(CN1CCCNCC1)NCc1cccc(C(=O)O)c1. The number of hydrogen-bond donors (Lipinski definition) is 3. The third kappa shape index (κ3) is 5.17. The van der Waals surface area contributed by atoms with Crippen LogP contribution in [0.5, 0.6) is 0 Å². The van der Waals surface area contributed by atoms with E-state index in [1.807, 2.05) is 6.07 Å². The molecule has 0 saturated carbocycles. The first-order valence-electron chi connectivity index (χ1n) is 7.17. The fourth-order valence-electron chi connectivity index (χ4n) is 2.33. The molecule has 1 aliphatic rings. The van der Waals surface area contributed by atoms with Gasteiger partial charge in [0.05, 0.1) is 12.1 Å². The van der Waals surface area contributed by atoms with Crippen molar-refractivity contribution in [2.24, 2.45) is 0 Å². The number of carboxylic acids is 1. The fourth-order valence-corrected chi connectivity index (χ4v) is 2.33. The molecule has 1 aromatic rings. The summed E-state index contributed by atoms with van der Waals surface area (Å²) in [6.07, 6.45) is 1.05. The first-order valence-corrected chi connectivity index (χ1v) is 7.17. The molecule has 6 heteroatoms. The van der Waals surface area contributed by atoms with E-state index < -0.39 is 5.97 Å². The Morgan fingerprint density at radius 1 is 1.29 bits per heavy atom. The van der Waals surface area contributed by atoms with Gasteiger partial charge >= 0.3 is 5.97 Å². The predicted molar refractivity (Wildman–Crippen MR) is 79.2 cm³/mol. The molecule has 1 fully saturated rings. The number of carbonyl (C=O) groups is 2. The van der Waals surface area contributed by atoms with Gasteiger partial charge in [-0.25, -0.2) is 4.79 Å². The van der Waals surface area contributed by atoms with E-state index in [2.05, 4.69) is 15.5 Å². The van der Waals surface area contributed by atoms with Crippen LogP contribution in [0.25, 0.3) is 0 Å². The predicted octanol–water partition coefficient (Wildman–Crippen LogP) is 0.296. The maximum atomic E-state index is 11.9. The van der Waals surface area contributed by atoms with Crippen LogP contribution in [0, 0.1) is 0 Å². The lowest BCUT2D eigenvalue weighted by Gasteiger charge is -2.18. The maximum absolute atomic E-state index is 11.9. The molecule has 1 amide bonds. The molecule has 114 valence electrons. The number of amides is 1. The van der Waals surface area contributed by atoms with E-state index in [9.17, 15) is 9.59 Å². The highest BCUT2D eigenvalue weighted by atomic mass is 16.4. The summed E-state index contributed by atoms with van der Waals surface area (Å²) in [6, 6.07) is 6.62. The summed E-state index contributed by atoms with van der Waals surface area (Å²) in [5, 5.41) is 15.1. The molecule has 1 aliphatic heterocycles. The zero-order chi connectivity index (χ0) is 15.1. The van der Waals surface area contributed by atoms with E-state index in [0.29, 0.717) is 13.1 Å². The number of rotatable bonds is 5. The Bertz CT molecular complexity index is 497. The number of hydrogen-bond acceptors (Lipinski definition) is 4. The summed E-state index contributed by atoms with van der Waals surface area (Å²) in [6.45, 7) is 4.46. The molecular weight excluding hydrogens is 270 g/mol. The highest BCUT2D eigenvalue weighted by molar-refractivity contribution is 5.87. The van der Waals surface area contributed by atoms with Gasteiger partial charge in [0.25, 0.3) is 0 Å². The smallest absolute Gasteiger partial charge is 0.335 e. The van der Waals surface area contributed by atoms with Gasteiger partial charge in [-0.3, -0.25) is 9.69 Å². The Morgan fingerprint density at radius 3 is 2.95 bits per heavy atom. The molecule has 0 aliphatic carbocycles. The minimum Gasteiger partial charge on any atom is -0.478 e. The minimum atomic E-state index is -0.958. The zero-order valence-electron chi connectivity index (χ0n) is 12.0. The van der Waals surface area contributed by atoms with Gasteiger partial charge in [-0.2, -0.15) is 0 Å². The lowest BCUT2D eigenvalue weighted by Crippen LogP contribution is -2.38. The van der Waals surface area contributed by atoms with E-state index in [-0.39, 0.29) is 11.5 Å². The molecule has 1 saturated heterocycles. The van der Waals surface area contributed by atoms with Crippen LogP contribution in [0.15, 0.2) is 24.3 Å². The van der Waals surface area contributed by atoms with Gasteiger partial charge in [0.1, 0.15) is 0 Å². The molecule has 1 aromatic carbocycles. The van der Waals surface area contributed by atoms with Crippen LogP contribution in [-0.2, 0) is 11.3 Å². The third-order valence-corrected chi connectivity index (χ3v) is 3.46. The first-order chi connectivity index (χ1) is 10.1. The van der Waals surface area contributed by atoms with Crippen molar-refractivity contribution in [1.29, 1.82) is 0 Å². The molecule has 0 unspecified atom stereocenters. The van der Waals surface area contributed by atoms with E-state index in [1.165, 1.54) is 6.07 Å².